The number of nitrogens with one attached hydrogen (secondary N) is 2. The van der Waals surface area contributed by atoms with E-state index in [1.807, 2.05) is 0 Å². The number of benzene rings is 2. The van der Waals surface area contributed by atoms with Crippen LogP contribution < -0.4 is 24.3 Å². The molecule has 0 unspecified atom stereocenters. The van der Waals surface area contributed by atoms with Gasteiger partial charge in [-0.2, -0.15) is 0 Å². The Balaban J connectivity index is 1.66. The summed E-state index contributed by atoms with van der Waals surface area (Å²) in [4.78, 5) is 16.6. The van der Waals surface area contributed by atoms with Crippen LogP contribution in [0.3, 0.4) is 0 Å². The summed E-state index contributed by atoms with van der Waals surface area (Å²) >= 11 is 1.16. The lowest BCUT2D eigenvalue weighted by molar-refractivity contribution is -0.113. The van der Waals surface area contributed by atoms with Crippen LogP contribution in [-0.4, -0.2) is 60.4 Å². The number of thioether (sulfide) groups is 1. The van der Waals surface area contributed by atoms with Crippen LogP contribution in [0.25, 0.3) is 11.4 Å². The fourth-order valence-electron chi connectivity index (χ4n) is 2.75. The zero-order valence-corrected chi connectivity index (χ0v) is 18.2. The van der Waals surface area contributed by atoms with Crippen molar-refractivity contribution in [1.82, 2.24) is 15.2 Å². The van der Waals surface area contributed by atoms with Gasteiger partial charge in [0.15, 0.2) is 28.8 Å². The molecule has 3 rings (SSSR count). The summed E-state index contributed by atoms with van der Waals surface area (Å²) in [6.45, 7) is 0. The fourth-order valence-corrected chi connectivity index (χ4v) is 3.35. The molecule has 0 radical (unpaired) electrons. The van der Waals surface area contributed by atoms with Crippen LogP contribution in [0.15, 0.2) is 35.5 Å². The number of aromatic nitrogens is 3. The molecule has 3 aromatic rings. The number of amides is 1. The number of carbonyl (C=O) groups is 1. The van der Waals surface area contributed by atoms with Crippen LogP contribution in [0, 0.1) is 0 Å². The minimum Gasteiger partial charge on any atom is -0.504 e. The van der Waals surface area contributed by atoms with E-state index in [-0.39, 0.29) is 17.4 Å². The number of methoxy groups -OCH3 is 4. The van der Waals surface area contributed by atoms with E-state index in [4.69, 9.17) is 18.9 Å². The quantitative estimate of drug-likeness (QED) is 0.425. The molecule has 0 fully saturated rings. The first-order chi connectivity index (χ1) is 15.0. The smallest absolute Gasteiger partial charge is 0.234 e. The van der Waals surface area contributed by atoms with Crippen LogP contribution in [0.5, 0.6) is 28.7 Å². The van der Waals surface area contributed by atoms with Crippen LogP contribution in [0.1, 0.15) is 0 Å². The van der Waals surface area contributed by atoms with Crippen LogP contribution >= 0.6 is 11.8 Å². The van der Waals surface area contributed by atoms with Crippen LogP contribution in [0.4, 0.5) is 5.69 Å². The Morgan fingerprint density at radius 3 is 2.29 bits per heavy atom. The number of H-pyrrole nitrogens is 1. The predicted octanol–water partition coefficient (Wildman–Crippen LogP) is 2.94. The molecule has 0 aliphatic rings. The summed E-state index contributed by atoms with van der Waals surface area (Å²) in [7, 11) is 6.04. The molecule has 10 nitrogen and oxygen atoms in total. The van der Waals surface area contributed by atoms with Gasteiger partial charge in [-0.15, -0.1) is 5.10 Å². The first-order valence-corrected chi connectivity index (χ1v) is 10.00. The number of hydrogen-bond acceptors (Lipinski definition) is 9. The zero-order chi connectivity index (χ0) is 22.4. The summed E-state index contributed by atoms with van der Waals surface area (Å²) in [6.07, 6.45) is 0. The number of anilines is 1. The van der Waals surface area contributed by atoms with Crippen LogP contribution in [0.2, 0.25) is 0 Å². The molecule has 3 N–H and O–H groups in total. The molecule has 0 bridgehead atoms. The summed E-state index contributed by atoms with van der Waals surface area (Å²) in [5.74, 6) is 2.03. The van der Waals surface area contributed by atoms with Crippen molar-refractivity contribution in [3.8, 4) is 40.1 Å². The maximum absolute atomic E-state index is 12.2. The number of aromatic amines is 1. The third-order valence-electron chi connectivity index (χ3n) is 4.20. The highest BCUT2D eigenvalue weighted by Gasteiger charge is 2.17. The Kier molecular flexibility index (Phi) is 7.08. The number of hydrogen-bond donors (Lipinski definition) is 3. The second kappa shape index (κ2) is 9.94. The molecule has 0 spiro atoms. The molecule has 31 heavy (non-hydrogen) atoms. The van der Waals surface area contributed by atoms with E-state index < -0.39 is 0 Å². The van der Waals surface area contributed by atoms with Gasteiger partial charge in [-0.25, -0.2) is 4.98 Å². The lowest BCUT2D eigenvalue weighted by Crippen LogP contribution is -2.14. The van der Waals surface area contributed by atoms with Crippen molar-refractivity contribution >= 4 is 23.4 Å². The van der Waals surface area contributed by atoms with Crippen LogP contribution in [-0.2, 0) is 4.79 Å². The van der Waals surface area contributed by atoms with Crippen molar-refractivity contribution in [1.29, 1.82) is 0 Å². The molecule has 11 heteroatoms. The number of carbonyl (C=O) groups excluding carboxylic acids is 1. The molecule has 1 aromatic heterocycles. The number of ether oxygens (including phenoxy) is 4. The van der Waals surface area contributed by atoms with E-state index in [0.29, 0.717) is 45.2 Å². The van der Waals surface area contributed by atoms with Gasteiger partial charge in [-0.05, 0) is 24.3 Å². The number of nitrogens with zero attached hydrogens (tertiary/aromatic N) is 2. The lowest BCUT2D eigenvalue weighted by Gasteiger charge is -2.13. The Morgan fingerprint density at radius 2 is 1.71 bits per heavy atom. The van der Waals surface area contributed by atoms with Gasteiger partial charge in [0.05, 0.1) is 34.2 Å². The zero-order valence-electron chi connectivity index (χ0n) is 17.4. The molecule has 0 aliphatic carbocycles. The van der Waals surface area contributed by atoms with E-state index in [1.54, 1.807) is 24.3 Å². The Hall–Kier alpha value is -3.60. The summed E-state index contributed by atoms with van der Waals surface area (Å²) in [5.41, 5.74) is 1.14. The van der Waals surface area contributed by atoms with Crippen molar-refractivity contribution in [2.75, 3.05) is 39.5 Å². The molecule has 164 valence electrons. The second-order valence-corrected chi connectivity index (χ2v) is 7.05. The van der Waals surface area contributed by atoms with Gasteiger partial charge in [0.25, 0.3) is 0 Å². The highest BCUT2D eigenvalue weighted by Crippen LogP contribution is 2.40. The van der Waals surface area contributed by atoms with Gasteiger partial charge in [0.1, 0.15) is 0 Å². The van der Waals surface area contributed by atoms with Gasteiger partial charge >= 0.3 is 0 Å². The Bertz CT molecular complexity index is 1050. The van der Waals surface area contributed by atoms with E-state index in [0.717, 1.165) is 11.8 Å². The molecule has 1 heterocycles. The largest absolute Gasteiger partial charge is 0.504 e. The topological polar surface area (TPSA) is 128 Å². The average molecular weight is 446 g/mol. The predicted molar refractivity (Wildman–Crippen MR) is 115 cm³/mol. The van der Waals surface area contributed by atoms with E-state index in [2.05, 4.69) is 20.5 Å². The highest BCUT2D eigenvalue weighted by molar-refractivity contribution is 7.99. The van der Waals surface area contributed by atoms with Crippen molar-refractivity contribution in [3.05, 3.63) is 30.3 Å². The lowest BCUT2D eigenvalue weighted by atomic mass is 10.1. The standard InChI is InChI=1S/C20H22N4O6S/c1-27-14-6-5-12(9-13(14)25)21-17(26)10-31-20-22-19(23-24-20)11-7-15(28-2)18(30-4)16(8-11)29-3/h5-9,25H,10H2,1-4H3,(H,21,26)(H,22,23,24). The van der Waals surface area contributed by atoms with Gasteiger partial charge in [0.2, 0.25) is 16.8 Å². The SMILES string of the molecule is COc1ccc(NC(=O)CSc2n[nH]c(-c3cc(OC)c(OC)c(OC)c3)n2)cc1O. The molecule has 2 aromatic carbocycles. The van der Waals surface area contributed by atoms with Crippen molar-refractivity contribution in [2.24, 2.45) is 0 Å². The monoisotopic (exact) mass is 446 g/mol. The first kappa shape index (κ1) is 22.1. The number of aromatic hydroxyl groups is 1. The Morgan fingerprint density at radius 1 is 1.03 bits per heavy atom. The maximum atomic E-state index is 12.2. The molecule has 0 saturated heterocycles. The molecule has 1 amide bonds. The molecular formula is C20H22N4O6S. The third kappa shape index (κ3) is 5.12. The summed E-state index contributed by atoms with van der Waals surface area (Å²) < 4.78 is 21.0. The van der Waals surface area contributed by atoms with Crippen molar-refractivity contribution < 1.29 is 28.8 Å². The number of phenols is 1. The van der Waals surface area contributed by atoms with E-state index >= 15 is 0 Å². The molecule has 0 saturated carbocycles. The third-order valence-corrected chi connectivity index (χ3v) is 5.05. The normalized spacial score (nSPS) is 10.5. The Labute approximate surface area is 182 Å². The molecule has 0 aliphatic heterocycles. The van der Waals surface area contributed by atoms with Gasteiger partial charge < -0.3 is 29.4 Å². The number of rotatable bonds is 9. The minimum absolute atomic E-state index is 0.0584. The van der Waals surface area contributed by atoms with Gasteiger partial charge in [0, 0.05) is 17.3 Å². The minimum atomic E-state index is -0.270. The van der Waals surface area contributed by atoms with E-state index in [1.165, 1.54) is 34.5 Å². The summed E-state index contributed by atoms with van der Waals surface area (Å²) in [5, 5.41) is 19.9. The summed E-state index contributed by atoms with van der Waals surface area (Å²) in [6, 6.07) is 8.11. The maximum Gasteiger partial charge on any atom is 0.234 e. The molecular weight excluding hydrogens is 424 g/mol. The average Bonchev–Trinajstić information content (AvgIpc) is 3.26. The molecule has 0 atom stereocenters. The van der Waals surface area contributed by atoms with Gasteiger partial charge in [-0.1, -0.05) is 11.8 Å². The van der Waals surface area contributed by atoms with E-state index in [9.17, 15) is 9.90 Å². The van der Waals surface area contributed by atoms with Gasteiger partial charge in [-0.3, -0.25) is 9.89 Å². The first-order valence-electron chi connectivity index (χ1n) is 9.01. The highest BCUT2D eigenvalue weighted by atomic mass is 32.2. The van der Waals surface area contributed by atoms with Crippen molar-refractivity contribution in [3.63, 3.8) is 0 Å². The fraction of sp³-hybridized carbons (Fsp3) is 0.250. The van der Waals surface area contributed by atoms with Crippen molar-refractivity contribution in [2.45, 2.75) is 5.16 Å². The number of phenolic OH excluding ortho intramolecular Hbond substituents is 1. The second-order valence-electron chi connectivity index (χ2n) is 6.10.